The summed E-state index contributed by atoms with van der Waals surface area (Å²) in [6.45, 7) is 8.52. The zero-order valence-corrected chi connectivity index (χ0v) is 14.7. The van der Waals surface area contributed by atoms with Crippen molar-refractivity contribution in [2.45, 2.75) is 36.8 Å². The molecule has 1 rings (SSSR count). The van der Waals surface area contributed by atoms with Crippen molar-refractivity contribution in [3.8, 4) is 0 Å². The van der Waals surface area contributed by atoms with Gasteiger partial charge in [0.25, 0.3) is 0 Å². The quantitative estimate of drug-likeness (QED) is 0.552. The highest BCUT2D eigenvalue weighted by Gasteiger charge is 2.28. The molecule has 0 radical (unpaired) electrons. The Morgan fingerprint density at radius 2 is 1.85 bits per heavy atom. The SMILES string of the molecule is CCCNCCNC(=O)C(C)(C)Sc1ccc(Br)cc1. The number of benzene rings is 1. The summed E-state index contributed by atoms with van der Waals surface area (Å²) in [6.07, 6.45) is 1.11. The molecule has 0 aliphatic carbocycles. The molecular formula is C15H23BrN2OS. The number of rotatable bonds is 8. The highest BCUT2D eigenvalue weighted by Crippen LogP contribution is 2.33. The average molecular weight is 359 g/mol. The van der Waals surface area contributed by atoms with Gasteiger partial charge in [0.2, 0.25) is 5.91 Å². The van der Waals surface area contributed by atoms with Gasteiger partial charge in [-0.1, -0.05) is 22.9 Å². The Hall–Kier alpha value is -0.520. The molecule has 0 spiro atoms. The van der Waals surface area contributed by atoms with E-state index in [9.17, 15) is 4.79 Å². The van der Waals surface area contributed by atoms with Crippen molar-refractivity contribution in [1.29, 1.82) is 0 Å². The lowest BCUT2D eigenvalue weighted by atomic mass is 10.2. The molecule has 0 fully saturated rings. The number of hydrogen-bond acceptors (Lipinski definition) is 3. The first-order valence-corrected chi connectivity index (χ1v) is 8.50. The van der Waals surface area contributed by atoms with Gasteiger partial charge < -0.3 is 10.6 Å². The maximum Gasteiger partial charge on any atom is 0.236 e. The number of carbonyl (C=O) groups is 1. The predicted molar refractivity (Wildman–Crippen MR) is 90.2 cm³/mol. The fourth-order valence-corrected chi connectivity index (χ4v) is 2.91. The summed E-state index contributed by atoms with van der Waals surface area (Å²) in [5, 5.41) is 6.25. The van der Waals surface area contributed by atoms with Crippen molar-refractivity contribution in [3.63, 3.8) is 0 Å². The molecule has 1 amide bonds. The van der Waals surface area contributed by atoms with E-state index in [1.54, 1.807) is 11.8 Å². The number of amides is 1. The zero-order valence-electron chi connectivity index (χ0n) is 12.3. The van der Waals surface area contributed by atoms with Gasteiger partial charge in [0.05, 0.1) is 4.75 Å². The van der Waals surface area contributed by atoms with E-state index in [-0.39, 0.29) is 5.91 Å². The van der Waals surface area contributed by atoms with Gasteiger partial charge in [-0.3, -0.25) is 4.79 Å². The third-order valence-electron chi connectivity index (χ3n) is 2.75. The van der Waals surface area contributed by atoms with Gasteiger partial charge in [0.1, 0.15) is 0 Å². The van der Waals surface area contributed by atoms with Crippen LogP contribution in [0.3, 0.4) is 0 Å². The summed E-state index contributed by atoms with van der Waals surface area (Å²) in [4.78, 5) is 13.3. The minimum absolute atomic E-state index is 0.0729. The Morgan fingerprint density at radius 1 is 1.20 bits per heavy atom. The lowest BCUT2D eigenvalue weighted by Gasteiger charge is -2.23. The van der Waals surface area contributed by atoms with E-state index in [1.165, 1.54) is 0 Å². The molecule has 1 aromatic rings. The molecule has 0 heterocycles. The third-order valence-corrected chi connectivity index (χ3v) is 4.48. The molecule has 0 atom stereocenters. The maximum atomic E-state index is 12.2. The molecule has 0 bridgehead atoms. The largest absolute Gasteiger partial charge is 0.354 e. The van der Waals surface area contributed by atoms with Gasteiger partial charge in [0, 0.05) is 22.5 Å². The number of halogens is 1. The molecule has 5 heteroatoms. The summed E-state index contributed by atoms with van der Waals surface area (Å²) in [6, 6.07) is 8.02. The van der Waals surface area contributed by atoms with Crippen LogP contribution in [0.4, 0.5) is 0 Å². The normalized spacial score (nSPS) is 11.4. The van der Waals surface area contributed by atoms with Crippen LogP contribution >= 0.6 is 27.7 Å². The molecule has 0 unspecified atom stereocenters. The Morgan fingerprint density at radius 3 is 2.45 bits per heavy atom. The number of hydrogen-bond donors (Lipinski definition) is 2. The van der Waals surface area contributed by atoms with Crippen molar-refractivity contribution in [2.24, 2.45) is 0 Å². The van der Waals surface area contributed by atoms with Gasteiger partial charge in [-0.15, -0.1) is 11.8 Å². The summed E-state index contributed by atoms with van der Waals surface area (Å²) in [5.74, 6) is 0.0729. The van der Waals surface area contributed by atoms with Crippen LogP contribution in [0.15, 0.2) is 33.6 Å². The van der Waals surface area contributed by atoms with E-state index < -0.39 is 4.75 Å². The van der Waals surface area contributed by atoms with Crippen LogP contribution in [0.25, 0.3) is 0 Å². The number of thioether (sulfide) groups is 1. The van der Waals surface area contributed by atoms with Crippen LogP contribution in [-0.2, 0) is 4.79 Å². The van der Waals surface area contributed by atoms with Crippen LogP contribution in [0.1, 0.15) is 27.2 Å². The van der Waals surface area contributed by atoms with Gasteiger partial charge in [-0.2, -0.15) is 0 Å². The highest BCUT2D eigenvalue weighted by atomic mass is 79.9. The smallest absolute Gasteiger partial charge is 0.236 e. The van der Waals surface area contributed by atoms with Crippen molar-refractivity contribution in [2.75, 3.05) is 19.6 Å². The molecule has 0 saturated heterocycles. The third kappa shape index (κ3) is 6.29. The molecule has 1 aromatic carbocycles. The van der Waals surface area contributed by atoms with Gasteiger partial charge >= 0.3 is 0 Å². The first-order valence-electron chi connectivity index (χ1n) is 6.89. The molecular weight excluding hydrogens is 336 g/mol. The van der Waals surface area contributed by atoms with Gasteiger partial charge in [-0.05, 0) is 51.1 Å². The summed E-state index contributed by atoms with van der Waals surface area (Å²) >= 11 is 4.99. The summed E-state index contributed by atoms with van der Waals surface area (Å²) < 4.78 is 0.574. The van der Waals surface area contributed by atoms with E-state index in [4.69, 9.17) is 0 Å². The average Bonchev–Trinajstić information content (AvgIpc) is 2.40. The van der Waals surface area contributed by atoms with Crippen molar-refractivity contribution >= 4 is 33.6 Å². The zero-order chi connectivity index (χ0) is 15.0. The lowest BCUT2D eigenvalue weighted by Crippen LogP contribution is -2.42. The Balaban J connectivity index is 2.42. The first kappa shape index (κ1) is 17.5. The van der Waals surface area contributed by atoms with Crippen molar-refractivity contribution in [1.82, 2.24) is 10.6 Å². The monoisotopic (exact) mass is 358 g/mol. The molecule has 0 aromatic heterocycles. The summed E-state index contributed by atoms with van der Waals surface area (Å²) in [7, 11) is 0. The topological polar surface area (TPSA) is 41.1 Å². The van der Waals surface area contributed by atoms with Crippen LogP contribution < -0.4 is 10.6 Å². The van der Waals surface area contributed by atoms with E-state index >= 15 is 0 Å². The second-order valence-electron chi connectivity index (χ2n) is 5.07. The van der Waals surface area contributed by atoms with Crippen LogP contribution in [0.5, 0.6) is 0 Å². The highest BCUT2D eigenvalue weighted by molar-refractivity contribution is 9.10. The molecule has 20 heavy (non-hydrogen) atoms. The second kappa shape index (κ2) is 8.70. The standard InChI is InChI=1S/C15H23BrN2OS/c1-4-9-17-10-11-18-14(19)15(2,3)20-13-7-5-12(16)6-8-13/h5-8,17H,4,9-11H2,1-3H3,(H,18,19). The molecule has 112 valence electrons. The Labute approximate surface area is 134 Å². The van der Waals surface area contributed by atoms with Crippen LogP contribution in [-0.4, -0.2) is 30.3 Å². The fraction of sp³-hybridized carbons (Fsp3) is 0.533. The summed E-state index contributed by atoms with van der Waals surface area (Å²) in [5.41, 5.74) is 0. The second-order valence-corrected chi connectivity index (χ2v) is 7.68. The molecule has 0 aliphatic heterocycles. The number of carbonyl (C=O) groups excluding carboxylic acids is 1. The van der Waals surface area contributed by atoms with E-state index in [0.717, 1.165) is 28.9 Å². The van der Waals surface area contributed by atoms with Gasteiger partial charge in [-0.25, -0.2) is 0 Å². The van der Waals surface area contributed by atoms with E-state index in [2.05, 4.69) is 33.5 Å². The van der Waals surface area contributed by atoms with Crippen molar-refractivity contribution < 1.29 is 4.79 Å². The minimum Gasteiger partial charge on any atom is -0.354 e. The molecule has 2 N–H and O–H groups in total. The maximum absolute atomic E-state index is 12.2. The first-order chi connectivity index (χ1) is 9.45. The predicted octanol–water partition coefficient (Wildman–Crippen LogP) is 3.44. The minimum atomic E-state index is -0.474. The molecule has 3 nitrogen and oxygen atoms in total. The Bertz CT molecular complexity index is 420. The van der Waals surface area contributed by atoms with Crippen LogP contribution in [0, 0.1) is 0 Å². The van der Waals surface area contributed by atoms with E-state index in [1.807, 2.05) is 38.1 Å². The Kier molecular flexibility index (Phi) is 7.62. The van der Waals surface area contributed by atoms with E-state index in [0.29, 0.717) is 6.54 Å². The lowest BCUT2D eigenvalue weighted by molar-refractivity contribution is -0.122. The van der Waals surface area contributed by atoms with Crippen molar-refractivity contribution in [3.05, 3.63) is 28.7 Å². The molecule has 0 aliphatic rings. The fourth-order valence-electron chi connectivity index (χ4n) is 1.62. The number of nitrogens with one attached hydrogen (secondary N) is 2. The molecule has 0 saturated carbocycles. The van der Waals surface area contributed by atoms with Gasteiger partial charge in [0.15, 0.2) is 0 Å². The van der Waals surface area contributed by atoms with Crippen LogP contribution in [0.2, 0.25) is 0 Å².